The Morgan fingerprint density at radius 2 is 1.65 bits per heavy atom. The van der Waals surface area contributed by atoms with Gasteiger partial charge in [-0.3, -0.25) is 0 Å². The summed E-state index contributed by atoms with van der Waals surface area (Å²) in [4.78, 5) is 4.82. The first-order valence-electron chi connectivity index (χ1n) is 6.66. The molecule has 0 saturated carbocycles. The molecule has 0 unspecified atom stereocenters. The number of furan rings is 1. The van der Waals surface area contributed by atoms with Crippen LogP contribution in [0.3, 0.4) is 0 Å². The number of aromatic nitrogens is 1. The van der Waals surface area contributed by atoms with Crippen LogP contribution in [0, 0.1) is 6.92 Å². The van der Waals surface area contributed by atoms with E-state index < -0.39 is 0 Å². The number of benzene rings is 2. The minimum atomic E-state index is 0.908. The second-order valence-electron chi connectivity index (χ2n) is 5.01. The highest BCUT2D eigenvalue weighted by atomic mass is 16.3. The van der Waals surface area contributed by atoms with Crippen molar-refractivity contribution in [3.63, 3.8) is 0 Å². The summed E-state index contributed by atoms with van der Waals surface area (Å²) >= 11 is 0. The molecule has 0 bridgehead atoms. The first kappa shape index (κ1) is 11.2. The molecule has 2 aromatic heterocycles. The third-order valence-electron chi connectivity index (χ3n) is 3.63. The Balaban J connectivity index is 2.11. The van der Waals surface area contributed by atoms with Crippen LogP contribution in [-0.4, -0.2) is 4.98 Å². The first-order valence-corrected chi connectivity index (χ1v) is 6.66. The first-order chi connectivity index (χ1) is 9.83. The Labute approximate surface area is 116 Å². The van der Waals surface area contributed by atoms with Gasteiger partial charge in [-0.05, 0) is 25.1 Å². The molecular formula is C18H13NO. The number of nitrogens with zero attached hydrogens (tertiary/aromatic N) is 1. The highest BCUT2D eigenvalue weighted by Crippen LogP contribution is 2.32. The highest BCUT2D eigenvalue weighted by molar-refractivity contribution is 6.07. The predicted octanol–water partition coefficient (Wildman–Crippen LogP) is 4.96. The van der Waals surface area contributed by atoms with Crippen LogP contribution in [0.4, 0.5) is 0 Å². The maximum Gasteiger partial charge on any atom is 0.145 e. The van der Waals surface area contributed by atoms with E-state index in [0.29, 0.717) is 0 Å². The van der Waals surface area contributed by atoms with Crippen molar-refractivity contribution < 1.29 is 4.42 Å². The number of fused-ring (bicyclic) bond motifs is 3. The van der Waals surface area contributed by atoms with E-state index in [9.17, 15) is 0 Å². The molecule has 4 rings (SSSR count). The Kier molecular flexibility index (Phi) is 2.36. The topological polar surface area (TPSA) is 26.0 Å². The van der Waals surface area contributed by atoms with E-state index in [1.54, 1.807) is 6.26 Å². The molecule has 0 fully saturated rings. The minimum absolute atomic E-state index is 0.908. The zero-order valence-electron chi connectivity index (χ0n) is 11.1. The zero-order chi connectivity index (χ0) is 13.5. The lowest BCUT2D eigenvalue weighted by Gasteiger charge is -2.06. The molecule has 0 spiro atoms. The van der Waals surface area contributed by atoms with E-state index in [-0.39, 0.29) is 0 Å². The molecule has 2 heteroatoms. The van der Waals surface area contributed by atoms with Crippen LogP contribution in [0.1, 0.15) is 5.56 Å². The number of pyridine rings is 1. The average Bonchev–Trinajstić information content (AvgIpc) is 2.97. The van der Waals surface area contributed by atoms with Crippen molar-refractivity contribution in [3.8, 4) is 11.3 Å². The fourth-order valence-electron chi connectivity index (χ4n) is 2.58. The third-order valence-corrected chi connectivity index (χ3v) is 3.63. The molecule has 2 nitrogen and oxygen atoms in total. The Morgan fingerprint density at radius 1 is 0.850 bits per heavy atom. The van der Waals surface area contributed by atoms with E-state index in [4.69, 9.17) is 9.40 Å². The van der Waals surface area contributed by atoms with Gasteiger partial charge >= 0.3 is 0 Å². The standard InChI is InChI=1S/C18H13NO/c1-12-6-8-13(9-7-12)17-15-10-11-20-18(15)14-4-2-3-5-16(14)19-17/h2-11H,1H3. The fraction of sp³-hybridized carbons (Fsp3) is 0.0556. The van der Waals surface area contributed by atoms with Crippen LogP contribution in [0.2, 0.25) is 0 Å². The van der Waals surface area contributed by atoms with Crippen molar-refractivity contribution in [1.29, 1.82) is 0 Å². The van der Waals surface area contributed by atoms with E-state index in [1.165, 1.54) is 5.56 Å². The van der Waals surface area contributed by atoms with Crippen LogP contribution in [0.25, 0.3) is 33.1 Å². The van der Waals surface area contributed by atoms with Gasteiger partial charge in [-0.15, -0.1) is 0 Å². The van der Waals surface area contributed by atoms with Gasteiger partial charge in [-0.2, -0.15) is 0 Å². The van der Waals surface area contributed by atoms with Crippen LogP contribution in [0.15, 0.2) is 65.3 Å². The van der Waals surface area contributed by atoms with E-state index in [0.717, 1.165) is 33.1 Å². The number of hydrogen-bond donors (Lipinski definition) is 0. The summed E-state index contributed by atoms with van der Waals surface area (Å²) in [6, 6.07) is 18.5. The molecule has 2 aromatic carbocycles. The van der Waals surface area contributed by atoms with Gasteiger partial charge < -0.3 is 4.42 Å². The second-order valence-corrected chi connectivity index (χ2v) is 5.01. The molecule has 96 valence electrons. The molecule has 0 aliphatic heterocycles. The van der Waals surface area contributed by atoms with Gasteiger partial charge in [-0.25, -0.2) is 4.98 Å². The maximum atomic E-state index is 5.68. The highest BCUT2D eigenvalue weighted by Gasteiger charge is 2.11. The smallest absolute Gasteiger partial charge is 0.145 e. The van der Waals surface area contributed by atoms with Crippen LogP contribution >= 0.6 is 0 Å². The molecule has 0 saturated heterocycles. The number of para-hydroxylation sites is 1. The molecule has 0 N–H and O–H groups in total. The Morgan fingerprint density at radius 3 is 2.50 bits per heavy atom. The lowest BCUT2D eigenvalue weighted by atomic mass is 10.0. The lowest BCUT2D eigenvalue weighted by Crippen LogP contribution is -1.87. The third kappa shape index (κ3) is 1.62. The average molecular weight is 259 g/mol. The van der Waals surface area contributed by atoms with Gasteiger partial charge in [0.15, 0.2) is 0 Å². The van der Waals surface area contributed by atoms with Gasteiger partial charge in [0.05, 0.1) is 17.5 Å². The normalized spacial score (nSPS) is 11.2. The Hall–Kier alpha value is -2.61. The fourth-order valence-corrected chi connectivity index (χ4v) is 2.58. The molecule has 0 aliphatic rings. The molecule has 0 aliphatic carbocycles. The molecule has 0 amide bonds. The molecule has 4 aromatic rings. The largest absolute Gasteiger partial charge is 0.464 e. The summed E-state index contributed by atoms with van der Waals surface area (Å²) in [5.74, 6) is 0. The molecule has 0 atom stereocenters. The van der Waals surface area contributed by atoms with Gasteiger partial charge in [0.1, 0.15) is 5.58 Å². The number of aryl methyl sites for hydroxylation is 1. The molecule has 2 heterocycles. The zero-order valence-corrected chi connectivity index (χ0v) is 11.1. The summed E-state index contributed by atoms with van der Waals surface area (Å²) in [5, 5.41) is 2.12. The van der Waals surface area contributed by atoms with Crippen LogP contribution in [-0.2, 0) is 0 Å². The van der Waals surface area contributed by atoms with Gasteiger partial charge in [0.2, 0.25) is 0 Å². The van der Waals surface area contributed by atoms with E-state index in [1.807, 2.05) is 30.3 Å². The summed E-state index contributed by atoms with van der Waals surface area (Å²) in [6.45, 7) is 2.09. The van der Waals surface area contributed by atoms with E-state index >= 15 is 0 Å². The van der Waals surface area contributed by atoms with Crippen molar-refractivity contribution in [3.05, 3.63) is 66.4 Å². The summed E-state index contributed by atoms with van der Waals surface area (Å²) in [5.41, 5.74) is 5.22. The summed E-state index contributed by atoms with van der Waals surface area (Å²) < 4.78 is 5.68. The van der Waals surface area contributed by atoms with Gasteiger partial charge in [0.25, 0.3) is 0 Å². The minimum Gasteiger partial charge on any atom is -0.464 e. The second kappa shape index (κ2) is 4.20. The van der Waals surface area contributed by atoms with Crippen molar-refractivity contribution in [2.45, 2.75) is 6.92 Å². The van der Waals surface area contributed by atoms with Crippen LogP contribution < -0.4 is 0 Å². The quantitative estimate of drug-likeness (QED) is 0.483. The van der Waals surface area contributed by atoms with Gasteiger partial charge in [-0.1, -0.05) is 42.0 Å². The summed E-state index contributed by atoms with van der Waals surface area (Å²) in [7, 11) is 0. The lowest BCUT2D eigenvalue weighted by molar-refractivity contribution is 0.619. The van der Waals surface area contributed by atoms with Gasteiger partial charge in [0, 0.05) is 16.3 Å². The number of rotatable bonds is 1. The van der Waals surface area contributed by atoms with Crippen LogP contribution in [0.5, 0.6) is 0 Å². The number of hydrogen-bond acceptors (Lipinski definition) is 2. The monoisotopic (exact) mass is 259 g/mol. The van der Waals surface area contributed by atoms with E-state index in [2.05, 4.69) is 31.2 Å². The Bertz CT molecular complexity index is 904. The molecular weight excluding hydrogens is 246 g/mol. The van der Waals surface area contributed by atoms with Crippen molar-refractivity contribution in [2.75, 3.05) is 0 Å². The maximum absolute atomic E-state index is 5.68. The summed E-state index contributed by atoms with van der Waals surface area (Å²) in [6.07, 6.45) is 1.73. The van der Waals surface area contributed by atoms with Crippen molar-refractivity contribution >= 4 is 21.9 Å². The molecule has 20 heavy (non-hydrogen) atoms. The predicted molar refractivity (Wildman–Crippen MR) is 81.7 cm³/mol. The van der Waals surface area contributed by atoms with Crippen molar-refractivity contribution in [1.82, 2.24) is 4.98 Å². The molecule has 0 radical (unpaired) electrons. The van der Waals surface area contributed by atoms with Crippen molar-refractivity contribution in [2.24, 2.45) is 0 Å². The SMILES string of the molecule is Cc1ccc(-c2nc3ccccc3c3occc23)cc1.